The maximum atomic E-state index is 5.40. The summed E-state index contributed by atoms with van der Waals surface area (Å²) in [7, 11) is 0. The van der Waals surface area contributed by atoms with E-state index in [4.69, 9.17) is 15.0 Å². The van der Waals surface area contributed by atoms with E-state index in [2.05, 4.69) is 10.1 Å². The van der Waals surface area contributed by atoms with Crippen molar-refractivity contribution in [2.45, 2.75) is 25.4 Å². The minimum Gasteiger partial charge on any atom is -0.368 e. The van der Waals surface area contributed by atoms with Gasteiger partial charge in [0, 0.05) is 13.0 Å². The zero-order valence-electron chi connectivity index (χ0n) is 7.40. The summed E-state index contributed by atoms with van der Waals surface area (Å²) in [5.74, 6) is 1.27. The van der Waals surface area contributed by atoms with Gasteiger partial charge in [0.2, 0.25) is 0 Å². The van der Waals surface area contributed by atoms with E-state index in [-0.39, 0.29) is 6.10 Å². The van der Waals surface area contributed by atoms with Gasteiger partial charge >= 0.3 is 0 Å². The molecule has 2 N–H and O–H groups in total. The van der Waals surface area contributed by atoms with E-state index in [1.807, 2.05) is 0 Å². The highest BCUT2D eigenvalue weighted by Crippen LogP contribution is 2.26. The first kappa shape index (κ1) is 8.65. The lowest BCUT2D eigenvalue weighted by molar-refractivity contribution is 0.0835. The van der Waals surface area contributed by atoms with Crippen LogP contribution in [-0.2, 0) is 11.2 Å². The molecule has 1 aromatic heterocycles. The predicted octanol–water partition coefficient (Wildman–Crippen LogP) is 0.422. The molecule has 13 heavy (non-hydrogen) atoms. The lowest BCUT2D eigenvalue weighted by Crippen LogP contribution is -2.04. The van der Waals surface area contributed by atoms with Gasteiger partial charge in [-0.25, -0.2) is 0 Å². The minimum absolute atomic E-state index is 0.0130. The van der Waals surface area contributed by atoms with Crippen molar-refractivity contribution in [3.05, 3.63) is 11.7 Å². The third-order valence-electron chi connectivity index (χ3n) is 2.06. The first-order valence-corrected chi connectivity index (χ1v) is 4.54. The Balaban J connectivity index is 2.03. The van der Waals surface area contributed by atoms with Crippen LogP contribution < -0.4 is 5.73 Å². The van der Waals surface area contributed by atoms with E-state index < -0.39 is 0 Å². The van der Waals surface area contributed by atoms with Gasteiger partial charge in [0.1, 0.15) is 6.10 Å². The molecule has 1 aliphatic heterocycles. The Morgan fingerprint density at radius 3 is 3.15 bits per heavy atom. The van der Waals surface area contributed by atoms with Gasteiger partial charge in [0.05, 0.1) is 0 Å². The summed E-state index contributed by atoms with van der Waals surface area (Å²) in [4.78, 5) is 4.20. The number of aromatic nitrogens is 2. The SMILES string of the molecule is NCCc1noc(C2CCCO2)n1. The third-order valence-corrected chi connectivity index (χ3v) is 2.06. The van der Waals surface area contributed by atoms with Crippen LogP contribution >= 0.6 is 0 Å². The molecule has 1 aromatic rings. The Morgan fingerprint density at radius 2 is 2.46 bits per heavy atom. The first-order valence-electron chi connectivity index (χ1n) is 4.54. The standard InChI is InChI=1S/C8H13N3O2/c9-4-3-7-10-8(13-11-7)6-2-1-5-12-6/h6H,1-5,9H2. The monoisotopic (exact) mass is 183 g/mol. The summed E-state index contributed by atoms with van der Waals surface area (Å²) in [5.41, 5.74) is 5.37. The Kier molecular flexibility index (Phi) is 2.56. The van der Waals surface area contributed by atoms with Gasteiger partial charge < -0.3 is 15.0 Å². The topological polar surface area (TPSA) is 74.2 Å². The molecule has 1 fully saturated rings. The van der Waals surface area contributed by atoms with Crippen LogP contribution in [0.5, 0.6) is 0 Å². The number of nitrogens with two attached hydrogens (primary N) is 1. The van der Waals surface area contributed by atoms with Crippen molar-refractivity contribution in [2.24, 2.45) is 5.73 Å². The van der Waals surface area contributed by atoms with Crippen molar-refractivity contribution in [3.63, 3.8) is 0 Å². The minimum atomic E-state index is 0.0130. The van der Waals surface area contributed by atoms with E-state index in [1.54, 1.807) is 0 Å². The van der Waals surface area contributed by atoms with E-state index in [0.717, 1.165) is 19.4 Å². The molecule has 0 aliphatic carbocycles. The number of ether oxygens (including phenoxy) is 1. The number of hydrogen-bond acceptors (Lipinski definition) is 5. The molecule has 1 atom stereocenters. The molecule has 5 heteroatoms. The van der Waals surface area contributed by atoms with Crippen LogP contribution in [-0.4, -0.2) is 23.3 Å². The van der Waals surface area contributed by atoms with E-state index >= 15 is 0 Å². The summed E-state index contributed by atoms with van der Waals surface area (Å²) in [6.07, 6.45) is 2.72. The highest BCUT2D eigenvalue weighted by atomic mass is 16.5. The van der Waals surface area contributed by atoms with E-state index in [9.17, 15) is 0 Å². The zero-order chi connectivity index (χ0) is 9.10. The molecular weight excluding hydrogens is 170 g/mol. The van der Waals surface area contributed by atoms with Crippen molar-refractivity contribution in [1.29, 1.82) is 0 Å². The summed E-state index contributed by atoms with van der Waals surface area (Å²) in [5, 5.41) is 3.80. The molecule has 0 saturated carbocycles. The average Bonchev–Trinajstić information content (AvgIpc) is 2.70. The average molecular weight is 183 g/mol. The lowest BCUT2D eigenvalue weighted by atomic mass is 10.2. The van der Waals surface area contributed by atoms with Crippen molar-refractivity contribution in [1.82, 2.24) is 10.1 Å². The van der Waals surface area contributed by atoms with Crippen LogP contribution in [0.1, 0.15) is 30.7 Å². The quantitative estimate of drug-likeness (QED) is 0.735. The smallest absolute Gasteiger partial charge is 0.255 e. The van der Waals surface area contributed by atoms with Gasteiger partial charge in [0.25, 0.3) is 5.89 Å². The van der Waals surface area contributed by atoms with Crippen LogP contribution in [0, 0.1) is 0 Å². The second-order valence-corrected chi connectivity index (χ2v) is 3.09. The second kappa shape index (κ2) is 3.85. The molecule has 0 spiro atoms. The van der Waals surface area contributed by atoms with Gasteiger partial charge in [-0.05, 0) is 19.4 Å². The van der Waals surface area contributed by atoms with Crippen LogP contribution in [0.4, 0.5) is 0 Å². The van der Waals surface area contributed by atoms with Gasteiger partial charge in [-0.1, -0.05) is 5.16 Å². The van der Waals surface area contributed by atoms with Crippen LogP contribution in [0.15, 0.2) is 4.52 Å². The molecule has 0 radical (unpaired) electrons. The summed E-state index contributed by atoms with van der Waals surface area (Å²) < 4.78 is 10.5. The fourth-order valence-electron chi connectivity index (χ4n) is 1.40. The number of hydrogen-bond donors (Lipinski definition) is 1. The molecular formula is C8H13N3O2. The summed E-state index contributed by atoms with van der Waals surface area (Å²) >= 11 is 0. The largest absolute Gasteiger partial charge is 0.368 e. The Hall–Kier alpha value is -0.940. The van der Waals surface area contributed by atoms with Crippen LogP contribution in [0.2, 0.25) is 0 Å². The maximum Gasteiger partial charge on any atom is 0.255 e. The molecule has 1 saturated heterocycles. The number of nitrogens with zero attached hydrogens (tertiary/aromatic N) is 2. The predicted molar refractivity (Wildman–Crippen MR) is 45.0 cm³/mol. The van der Waals surface area contributed by atoms with Gasteiger partial charge in [-0.3, -0.25) is 0 Å². The molecule has 1 unspecified atom stereocenters. The molecule has 2 heterocycles. The zero-order valence-corrected chi connectivity index (χ0v) is 7.40. The molecule has 0 amide bonds. The van der Waals surface area contributed by atoms with E-state index in [0.29, 0.717) is 24.7 Å². The lowest BCUT2D eigenvalue weighted by Gasteiger charge is -2.00. The van der Waals surface area contributed by atoms with Gasteiger partial charge in [-0.15, -0.1) is 0 Å². The van der Waals surface area contributed by atoms with E-state index in [1.165, 1.54) is 0 Å². The van der Waals surface area contributed by atoms with Crippen molar-refractivity contribution < 1.29 is 9.26 Å². The molecule has 1 aliphatic rings. The van der Waals surface area contributed by atoms with Crippen molar-refractivity contribution in [3.8, 4) is 0 Å². The Morgan fingerprint density at radius 1 is 1.54 bits per heavy atom. The molecule has 2 rings (SSSR count). The molecule has 72 valence electrons. The number of rotatable bonds is 3. The first-order chi connectivity index (χ1) is 6.40. The molecule has 5 nitrogen and oxygen atoms in total. The fraction of sp³-hybridized carbons (Fsp3) is 0.750. The highest BCUT2D eigenvalue weighted by molar-refractivity contribution is 4.92. The summed E-state index contributed by atoms with van der Waals surface area (Å²) in [6.45, 7) is 1.34. The summed E-state index contributed by atoms with van der Waals surface area (Å²) in [6, 6.07) is 0. The fourth-order valence-corrected chi connectivity index (χ4v) is 1.40. The van der Waals surface area contributed by atoms with Crippen molar-refractivity contribution >= 4 is 0 Å². The van der Waals surface area contributed by atoms with Crippen LogP contribution in [0.25, 0.3) is 0 Å². The maximum absolute atomic E-state index is 5.40. The normalized spacial score (nSPS) is 22.4. The Bertz CT molecular complexity index is 268. The third kappa shape index (κ3) is 1.87. The Labute approximate surface area is 76.3 Å². The van der Waals surface area contributed by atoms with Gasteiger partial charge in [-0.2, -0.15) is 4.98 Å². The van der Waals surface area contributed by atoms with Gasteiger partial charge in [0.15, 0.2) is 5.82 Å². The van der Waals surface area contributed by atoms with Crippen LogP contribution in [0.3, 0.4) is 0 Å². The highest BCUT2D eigenvalue weighted by Gasteiger charge is 2.23. The molecule has 0 bridgehead atoms. The van der Waals surface area contributed by atoms with Crippen molar-refractivity contribution in [2.75, 3.05) is 13.2 Å². The second-order valence-electron chi connectivity index (χ2n) is 3.09. The molecule has 0 aromatic carbocycles.